The predicted octanol–water partition coefficient (Wildman–Crippen LogP) is 2.59. The molecule has 0 bridgehead atoms. The van der Waals surface area contributed by atoms with Gasteiger partial charge in [-0.05, 0) is 6.42 Å². The van der Waals surface area contributed by atoms with E-state index in [9.17, 15) is 0 Å². The molecule has 0 fully saturated rings. The molecule has 0 N–H and O–H groups in total. The number of rotatable bonds is 3. The zero-order valence-corrected chi connectivity index (χ0v) is 7.64. The molecule has 0 aliphatic heterocycles. The molecule has 0 aliphatic rings. The summed E-state index contributed by atoms with van der Waals surface area (Å²) in [6.45, 7) is 7.04. The van der Waals surface area contributed by atoms with Gasteiger partial charge in [-0.2, -0.15) is 0 Å². The van der Waals surface area contributed by atoms with Crippen LogP contribution in [0.4, 0.5) is 0 Å². The maximum absolute atomic E-state index is 4.59. The van der Waals surface area contributed by atoms with Gasteiger partial charge >= 0.3 is 0 Å². The van der Waals surface area contributed by atoms with E-state index < -0.39 is 8.07 Å². The van der Waals surface area contributed by atoms with Gasteiger partial charge in [-0.25, -0.2) is 0 Å². The van der Waals surface area contributed by atoms with Gasteiger partial charge in [0.1, 0.15) is 0 Å². The van der Waals surface area contributed by atoms with Crippen molar-refractivity contribution in [2.45, 2.75) is 32.1 Å². The van der Waals surface area contributed by atoms with E-state index in [0.717, 1.165) is 6.42 Å². The first kappa shape index (κ1) is 8.31. The van der Waals surface area contributed by atoms with Crippen LogP contribution in [0.15, 0.2) is 0 Å². The maximum atomic E-state index is 4.59. The second-order valence-electron chi connectivity index (χ2n) is 3.20. The highest BCUT2D eigenvalue weighted by molar-refractivity contribution is 7.78. The molecule has 0 saturated heterocycles. The molecule has 0 heterocycles. The van der Waals surface area contributed by atoms with Gasteiger partial charge in [0, 0.05) is 13.4 Å². The molecule has 0 aromatic rings. The van der Waals surface area contributed by atoms with Gasteiger partial charge in [0.25, 0.3) is 0 Å². The summed E-state index contributed by atoms with van der Waals surface area (Å²) in [7, 11) is -0.807. The number of thiocarbonyl (C=S) groups is 1. The van der Waals surface area contributed by atoms with Gasteiger partial charge in [0.05, 0.1) is 0 Å². The molecule has 0 aromatic carbocycles. The quantitative estimate of drug-likeness (QED) is 0.434. The van der Waals surface area contributed by atoms with Gasteiger partial charge in [-0.3, -0.25) is 0 Å². The van der Waals surface area contributed by atoms with Crippen LogP contribution in [0.25, 0.3) is 0 Å². The molecular formula is C6H13SSi. The Morgan fingerprint density at radius 1 is 1.38 bits per heavy atom. The normalized spacial score (nSPS) is 11.4. The van der Waals surface area contributed by atoms with Gasteiger partial charge in [-0.1, -0.05) is 37.9 Å². The molecule has 0 spiro atoms. The fourth-order valence-corrected chi connectivity index (χ4v) is 1.58. The van der Waals surface area contributed by atoms with Crippen LogP contribution < -0.4 is 0 Å². The Hall–Kier alpha value is 0.307. The van der Waals surface area contributed by atoms with Crippen molar-refractivity contribution < 1.29 is 0 Å². The number of hydrogen-bond acceptors (Lipinski definition) is 1. The van der Waals surface area contributed by atoms with Crippen LogP contribution in [-0.4, -0.2) is 13.4 Å². The average Bonchev–Trinajstić information content (AvgIpc) is 1.59. The minimum absolute atomic E-state index is 0.807. The molecule has 0 nitrogen and oxygen atoms in total. The molecule has 0 atom stereocenters. The van der Waals surface area contributed by atoms with Crippen molar-refractivity contribution in [1.29, 1.82) is 0 Å². The molecule has 1 radical (unpaired) electrons. The average molecular weight is 145 g/mol. The lowest BCUT2D eigenvalue weighted by Gasteiger charge is -2.12. The third-order valence-electron chi connectivity index (χ3n) is 0.977. The second-order valence-corrected chi connectivity index (χ2v) is 9.11. The summed E-state index contributed by atoms with van der Waals surface area (Å²) in [5, 5.41) is 2.74. The molecule has 47 valence electrons. The van der Waals surface area contributed by atoms with Gasteiger partial charge in [-0.15, -0.1) is 0 Å². The van der Waals surface area contributed by atoms with E-state index in [0.29, 0.717) is 0 Å². The third kappa shape index (κ3) is 6.31. The molecular weight excluding hydrogens is 132 g/mol. The van der Waals surface area contributed by atoms with Crippen LogP contribution in [0.1, 0.15) is 6.42 Å². The highest BCUT2D eigenvalue weighted by Gasteiger charge is 2.10. The van der Waals surface area contributed by atoms with E-state index in [2.05, 4.69) is 37.2 Å². The van der Waals surface area contributed by atoms with Crippen molar-refractivity contribution in [3.63, 3.8) is 0 Å². The van der Waals surface area contributed by atoms with Crippen molar-refractivity contribution in [1.82, 2.24) is 0 Å². The first-order valence-corrected chi connectivity index (χ1v) is 7.03. The van der Waals surface area contributed by atoms with Crippen LogP contribution in [0.2, 0.25) is 25.7 Å². The summed E-state index contributed by atoms with van der Waals surface area (Å²) in [5.74, 6) is 0. The molecule has 0 amide bonds. The zero-order valence-electron chi connectivity index (χ0n) is 5.82. The van der Waals surface area contributed by atoms with Crippen molar-refractivity contribution in [2.24, 2.45) is 0 Å². The van der Waals surface area contributed by atoms with E-state index in [1.807, 2.05) is 0 Å². The van der Waals surface area contributed by atoms with Crippen molar-refractivity contribution in [3.8, 4) is 0 Å². The topological polar surface area (TPSA) is 0 Å². The van der Waals surface area contributed by atoms with Crippen LogP contribution in [0.3, 0.4) is 0 Å². The highest BCUT2D eigenvalue weighted by atomic mass is 32.1. The van der Waals surface area contributed by atoms with E-state index in [4.69, 9.17) is 0 Å². The third-order valence-corrected chi connectivity index (χ3v) is 2.93. The maximum Gasteiger partial charge on any atom is 0.0446 e. The standard InChI is InChI=1S/C6H13SSi/c1-8(2,3)6-4-5-7/h4,6H2,1-3H3. The summed E-state index contributed by atoms with van der Waals surface area (Å²) >= 11 is 4.59. The second kappa shape index (κ2) is 3.36. The van der Waals surface area contributed by atoms with Crippen molar-refractivity contribution in [3.05, 3.63) is 0 Å². The predicted molar refractivity (Wildman–Crippen MR) is 45.4 cm³/mol. The first-order chi connectivity index (χ1) is 3.56. The Morgan fingerprint density at radius 3 is 2.00 bits per heavy atom. The Labute approximate surface area is 58.3 Å². The Morgan fingerprint density at radius 2 is 1.88 bits per heavy atom. The minimum Gasteiger partial charge on any atom is -0.0837 e. The van der Waals surface area contributed by atoms with Crippen LogP contribution in [0, 0.1) is 0 Å². The molecule has 0 aliphatic carbocycles. The zero-order chi connectivity index (χ0) is 6.62. The Balaban J connectivity index is 3.24. The molecule has 2 heteroatoms. The van der Waals surface area contributed by atoms with Crippen molar-refractivity contribution in [2.75, 3.05) is 0 Å². The van der Waals surface area contributed by atoms with Gasteiger partial charge < -0.3 is 0 Å². The Bertz CT molecular complexity index is 73.1. The molecule has 0 unspecified atom stereocenters. The smallest absolute Gasteiger partial charge is 0.0446 e. The van der Waals surface area contributed by atoms with Crippen LogP contribution >= 0.6 is 12.2 Å². The van der Waals surface area contributed by atoms with E-state index >= 15 is 0 Å². The molecule has 0 rings (SSSR count). The monoisotopic (exact) mass is 145 g/mol. The number of hydrogen-bond donors (Lipinski definition) is 0. The lowest BCUT2D eigenvalue weighted by atomic mass is 10.6. The summed E-state index contributed by atoms with van der Waals surface area (Å²) < 4.78 is 0. The summed E-state index contributed by atoms with van der Waals surface area (Å²) in [6, 6.07) is 1.29. The van der Waals surface area contributed by atoms with E-state index in [1.54, 1.807) is 0 Å². The summed E-state index contributed by atoms with van der Waals surface area (Å²) in [6.07, 6.45) is 1.01. The largest absolute Gasteiger partial charge is 0.0837 e. The fraction of sp³-hybridized carbons (Fsp3) is 0.833. The minimum atomic E-state index is -0.807. The molecule has 8 heavy (non-hydrogen) atoms. The highest BCUT2D eigenvalue weighted by Crippen LogP contribution is 2.08. The van der Waals surface area contributed by atoms with E-state index in [1.165, 1.54) is 6.04 Å². The van der Waals surface area contributed by atoms with Crippen LogP contribution in [-0.2, 0) is 0 Å². The summed E-state index contributed by atoms with van der Waals surface area (Å²) in [5.41, 5.74) is 0. The van der Waals surface area contributed by atoms with Gasteiger partial charge in [0.15, 0.2) is 0 Å². The first-order valence-electron chi connectivity index (χ1n) is 2.91. The SMILES string of the molecule is C[Si](C)(C)CC[C]=S. The molecule has 0 saturated carbocycles. The Kier molecular flexibility index (Phi) is 3.48. The lowest BCUT2D eigenvalue weighted by molar-refractivity contribution is 1.26. The fourth-order valence-electron chi connectivity index (χ4n) is 0.426. The van der Waals surface area contributed by atoms with Crippen molar-refractivity contribution >= 4 is 25.7 Å². The summed E-state index contributed by atoms with van der Waals surface area (Å²) in [4.78, 5) is 0. The van der Waals surface area contributed by atoms with E-state index in [-0.39, 0.29) is 0 Å². The molecule has 0 aromatic heterocycles. The van der Waals surface area contributed by atoms with Crippen LogP contribution in [0.5, 0.6) is 0 Å². The van der Waals surface area contributed by atoms with Gasteiger partial charge in [0.2, 0.25) is 0 Å². The lowest BCUT2D eigenvalue weighted by Crippen LogP contribution is -2.18.